The molecule has 0 atom stereocenters. The Kier molecular flexibility index (Phi) is 4.19. The summed E-state index contributed by atoms with van der Waals surface area (Å²) in [5.74, 6) is 6.29. The molecule has 1 aliphatic carbocycles. The van der Waals surface area contributed by atoms with Crippen molar-refractivity contribution in [3.05, 3.63) is 29.3 Å². The van der Waals surface area contributed by atoms with E-state index in [1.54, 1.807) is 0 Å². The Morgan fingerprint density at radius 3 is 3.00 bits per heavy atom. The minimum Gasteiger partial charge on any atom is -0.493 e. The second-order valence-electron chi connectivity index (χ2n) is 4.26. The molecule has 16 heavy (non-hydrogen) atoms. The van der Waals surface area contributed by atoms with E-state index in [1.165, 1.54) is 36.8 Å². The Hall–Kier alpha value is -1.06. The number of hydrogen-bond acceptors (Lipinski definition) is 3. The minimum absolute atomic E-state index is 0.737. The Morgan fingerprint density at radius 1 is 1.25 bits per heavy atom. The Bertz CT molecular complexity index is 339. The van der Waals surface area contributed by atoms with Crippen LogP contribution in [0.3, 0.4) is 0 Å². The minimum atomic E-state index is 0.737. The molecule has 0 saturated heterocycles. The molecule has 0 bridgehead atoms. The molecule has 0 spiro atoms. The fourth-order valence-corrected chi connectivity index (χ4v) is 2.24. The van der Waals surface area contributed by atoms with Gasteiger partial charge in [-0.15, -0.1) is 0 Å². The van der Waals surface area contributed by atoms with Gasteiger partial charge in [0, 0.05) is 6.54 Å². The van der Waals surface area contributed by atoms with Crippen LogP contribution in [0.25, 0.3) is 0 Å². The zero-order valence-corrected chi connectivity index (χ0v) is 9.67. The van der Waals surface area contributed by atoms with Gasteiger partial charge in [-0.05, 0) is 49.3 Å². The van der Waals surface area contributed by atoms with Crippen LogP contribution in [0.15, 0.2) is 18.2 Å². The van der Waals surface area contributed by atoms with Crippen molar-refractivity contribution in [3.63, 3.8) is 0 Å². The van der Waals surface area contributed by atoms with Crippen molar-refractivity contribution in [2.45, 2.75) is 32.1 Å². The monoisotopic (exact) mass is 220 g/mol. The molecule has 0 heterocycles. The first-order valence-corrected chi connectivity index (χ1v) is 6.09. The molecule has 1 aliphatic rings. The Morgan fingerprint density at radius 2 is 2.12 bits per heavy atom. The topological polar surface area (TPSA) is 47.3 Å². The molecule has 0 aromatic heterocycles. The number of fused-ring (bicyclic) bond motifs is 1. The highest BCUT2D eigenvalue weighted by Gasteiger charge is 2.13. The van der Waals surface area contributed by atoms with Gasteiger partial charge >= 0.3 is 0 Å². The summed E-state index contributed by atoms with van der Waals surface area (Å²) < 4.78 is 5.81. The lowest BCUT2D eigenvalue weighted by atomic mass is 9.91. The first-order chi connectivity index (χ1) is 7.92. The Balaban J connectivity index is 1.97. The number of nitrogens with two attached hydrogens (primary N) is 1. The molecule has 0 unspecified atom stereocenters. The zero-order valence-electron chi connectivity index (χ0n) is 9.67. The molecular formula is C13H20N2O. The third-order valence-electron chi connectivity index (χ3n) is 3.08. The highest BCUT2D eigenvalue weighted by Crippen LogP contribution is 2.29. The van der Waals surface area contributed by atoms with Gasteiger partial charge in [0.2, 0.25) is 0 Å². The summed E-state index contributed by atoms with van der Waals surface area (Å²) in [5, 5.41) is 0. The quantitative estimate of drug-likeness (QED) is 0.452. The Labute approximate surface area is 97.0 Å². The van der Waals surface area contributed by atoms with E-state index in [0.717, 1.165) is 25.3 Å². The number of ether oxygens (including phenoxy) is 1. The zero-order chi connectivity index (χ0) is 11.2. The average Bonchev–Trinajstić information content (AvgIpc) is 2.35. The van der Waals surface area contributed by atoms with E-state index in [9.17, 15) is 0 Å². The second-order valence-corrected chi connectivity index (χ2v) is 4.26. The summed E-state index contributed by atoms with van der Waals surface area (Å²) in [5.41, 5.74) is 5.53. The summed E-state index contributed by atoms with van der Waals surface area (Å²) in [6.45, 7) is 1.54. The number of rotatable bonds is 5. The lowest BCUT2D eigenvalue weighted by molar-refractivity contribution is 0.304. The number of benzene rings is 1. The van der Waals surface area contributed by atoms with Crippen LogP contribution in [0.2, 0.25) is 0 Å². The van der Waals surface area contributed by atoms with E-state index in [1.807, 2.05) is 0 Å². The standard InChI is InChI=1S/C13H20N2O/c14-15-9-4-10-16-13-8-3-6-11-5-1-2-7-12(11)13/h3,6,8,15H,1-2,4-5,7,9-10,14H2. The lowest BCUT2D eigenvalue weighted by Gasteiger charge is -2.19. The number of hydrogen-bond donors (Lipinski definition) is 2. The van der Waals surface area contributed by atoms with Crippen molar-refractivity contribution in [2.75, 3.05) is 13.2 Å². The summed E-state index contributed by atoms with van der Waals surface area (Å²) in [4.78, 5) is 0. The molecule has 0 amide bonds. The maximum absolute atomic E-state index is 5.81. The van der Waals surface area contributed by atoms with E-state index in [-0.39, 0.29) is 0 Å². The van der Waals surface area contributed by atoms with Crippen LogP contribution in [0.4, 0.5) is 0 Å². The van der Waals surface area contributed by atoms with E-state index in [2.05, 4.69) is 23.6 Å². The molecule has 0 aliphatic heterocycles. The van der Waals surface area contributed by atoms with Gasteiger partial charge in [-0.2, -0.15) is 0 Å². The molecule has 3 heteroatoms. The van der Waals surface area contributed by atoms with Crippen molar-refractivity contribution in [3.8, 4) is 5.75 Å². The summed E-state index contributed by atoms with van der Waals surface area (Å²) in [7, 11) is 0. The molecule has 0 fully saturated rings. The fraction of sp³-hybridized carbons (Fsp3) is 0.538. The smallest absolute Gasteiger partial charge is 0.122 e. The SMILES string of the molecule is NNCCCOc1cccc2c1CCCC2. The van der Waals surface area contributed by atoms with Crippen LogP contribution in [-0.2, 0) is 12.8 Å². The number of aryl methyl sites for hydroxylation is 1. The van der Waals surface area contributed by atoms with Crippen LogP contribution in [0.5, 0.6) is 5.75 Å². The summed E-state index contributed by atoms with van der Waals surface area (Å²) >= 11 is 0. The molecule has 1 aromatic carbocycles. The molecule has 0 saturated carbocycles. The largest absolute Gasteiger partial charge is 0.493 e. The number of nitrogens with one attached hydrogen (secondary N) is 1. The summed E-state index contributed by atoms with van der Waals surface area (Å²) in [6.07, 6.45) is 5.92. The second kappa shape index (κ2) is 5.87. The normalized spacial score (nSPS) is 14.6. The molecule has 3 nitrogen and oxygen atoms in total. The van der Waals surface area contributed by atoms with Gasteiger partial charge in [0.25, 0.3) is 0 Å². The molecular weight excluding hydrogens is 200 g/mol. The molecule has 0 radical (unpaired) electrons. The average molecular weight is 220 g/mol. The van der Waals surface area contributed by atoms with Gasteiger partial charge in [-0.1, -0.05) is 12.1 Å². The van der Waals surface area contributed by atoms with Gasteiger partial charge < -0.3 is 4.74 Å². The predicted octanol–water partition coefficient (Wildman–Crippen LogP) is 1.80. The third kappa shape index (κ3) is 2.74. The maximum atomic E-state index is 5.81. The van der Waals surface area contributed by atoms with Crippen molar-refractivity contribution < 1.29 is 4.74 Å². The molecule has 1 aromatic rings. The van der Waals surface area contributed by atoms with E-state index in [0.29, 0.717) is 0 Å². The molecule has 88 valence electrons. The van der Waals surface area contributed by atoms with E-state index < -0.39 is 0 Å². The van der Waals surface area contributed by atoms with Gasteiger partial charge in [0.15, 0.2) is 0 Å². The molecule has 2 rings (SSSR count). The molecule has 3 N–H and O–H groups in total. The van der Waals surface area contributed by atoms with Crippen molar-refractivity contribution >= 4 is 0 Å². The maximum Gasteiger partial charge on any atom is 0.122 e. The predicted molar refractivity (Wildman–Crippen MR) is 65.4 cm³/mol. The van der Waals surface area contributed by atoms with Crippen LogP contribution in [0.1, 0.15) is 30.4 Å². The fourth-order valence-electron chi connectivity index (χ4n) is 2.24. The highest BCUT2D eigenvalue weighted by molar-refractivity contribution is 5.41. The van der Waals surface area contributed by atoms with Crippen LogP contribution in [0, 0.1) is 0 Å². The highest BCUT2D eigenvalue weighted by atomic mass is 16.5. The summed E-state index contributed by atoms with van der Waals surface area (Å²) in [6, 6.07) is 6.41. The van der Waals surface area contributed by atoms with Crippen molar-refractivity contribution in [2.24, 2.45) is 5.84 Å². The third-order valence-corrected chi connectivity index (χ3v) is 3.08. The van der Waals surface area contributed by atoms with Crippen molar-refractivity contribution in [1.82, 2.24) is 5.43 Å². The van der Waals surface area contributed by atoms with Gasteiger partial charge in [-0.25, -0.2) is 0 Å². The van der Waals surface area contributed by atoms with Crippen molar-refractivity contribution in [1.29, 1.82) is 0 Å². The van der Waals surface area contributed by atoms with E-state index >= 15 is 0 Å². The van der Waals surface area contributed by atoms with Gasteiger partial charge in [0.05, 0.1) is 6.61 Å². The first-order valence-electron chi connectivity index (χ1n) is 6.09. The number of hydrazine groups is 1. The van der Waals surface area contributed by atoms with Crippen LogP contribution < -0.4 is 16.0 Å². The van der Waals surface area contributed by atoms with E-state index in [4.69, 9.17) is 10.6 Å². The first kappa shape index (κ1) is 11.4. The van der Waals surface area contributed by atoms with Gasteiger partial charge in [0.1, 0.15) is 5.75 Å². The lowest BCUT2D eigenvalue weighted by Crippen LogP contribution is -2.24. The van der Waals surface area contributed by atoms with Gasteiger partial charge in [-0.3, -0.25) is 11.3 Å². The van der Waals surface area contributed by atoms with Crippen LogP contribution in [-0.4, -0.2) is 13.2 Å². The van der Waals surface area contributed by atoms with Crippen LogP contribution >= 0.6 is 0 Å².